The summed E-state index contributed by atoms with van der Waals surface area (Å²) in [4.78, 5) is 14.3. The van der Waals surface area contributed by atoms with Crippen LogP contribution in [0.2, 0.25) is 0 Å². The van der Waals surface area contributed by atoms with Crippen LogP contribution >= 0.6 is 15.9 Å². The van der Waals surface area contributed by atoms with Crippen LogP contribution in [0.5, 0.6) is 5.75 Å². The summed E-state index contributed by atoms with van der Waals surface area (Å²) in [6.07, 6.45) is 1.27. The third-order valence-corrected chi connectivity index (χ3v) is 6.78. The molecule has 0 saturated carbocycles. The Morgan fingerprint density at radius 1 is 1.17 bits per heavy atom. The number of nitrogens with zero attached hydrogens (tertiary/aromatic N) is 1. The van der Waals surface area contributed by atoms with Gasteiger partial charge in [0.25, 0.3) is 0 Å². The van der Waals surface area contributed by atoms with Crippen molar-refractivity contribution in [1.82, 2.24) is 9.62 Å². The van der Waals surface area contributed by atoms with Crippen molar-refractivity contribution in [2.75, 3.05) is 32.1 Å². The van der Waals surface area contributed by atoms with Gasteiger partial charge in [0.2, 0.25) is 15.9 Å². The highest BCUT2D eigenvalue weighted by molar-refractivity contribution is 9.10. The first kappa shape index (κ1) is 21.8. The smallest absolute Gasteiger partial charge is 0.244 e. The molecule has 1 heterocycles. The Kier molecular flexibility index (Phi) is 7.28. The molecule has 7 nitrogen and oxygen atoms in total. The van der Waals surface area contributed by atoms with Crippen molar-refractivity contribution in [3.63, 3.8) is 0 Å². The zero-order valence-corrected chi connectivity index (χ0v) is 18.5. The van der Waals surface area contributed by atoms with Crippen molar-refractivity contribution < 1.29 is 17.9 Å². The van der Waals surface area contributed by atoms with E-state index in [9.17, 15) is 13.2 Å². The average Bonchev–Trinajstić information content (AvgIpc) is 2.70. The Bertz CT molecular complexity index is 945. The molecule has 1 fully saturated rings. The Morgan fingerprint density at radius 3 is 2.52 bits per heavy atom. The molecule has 1 amide bonds. The molecule has 0 atom stereocenters. The molecule has 2 aromatic rings. The highest BCUT2D eigenvalue weighted by atomic mass is 79.9. The summed E-state index contributed by atoms with van der Waals surface area (Å²) in [6, 6.07) is 14.0. The van der Waals surface area contributed by atoms with Gasteiger partial charge in [-0.05, 0) is 43.2 Å². The van der Waals surface area contributed by atoms with Crippen molar-refractivity contribution in [3.05, 3.63) is 53.0 Å². The first-order valence-electron chi connectivity index (χ1n) is 9.30. The zero-order chi connectivity index (χ0) is 20.9. The number of halogens is 1. The largest absolute Gasteiger partial charge is 0.495 e. The highest BCUT2D eigenvalue weighted by Crippen LogP contribution is 2.28. The third-order valence-electron chi connectivity index (χ3n) is 4.75. The lowest BCUT2D eigenvalue weighted by Gasteiger charge is -2.31. The number of likely N-dealkylation sites (tertiary alicyclic amines) is 1. The summed E-state index contributed by atoms with van der Waals surface area (Å²) in [5, 5.41) is 2.87. The first-order chi connectivity index (χ1) is 13.9. The quantitative estimate of drug-likeness (QED) is 0.634. The van der Waals surface area contributed by atoms with Gasteiger partial charge in [-0.25, -0.2) is 13.1 Å². The van der Waals surface area contributed by atoms with Gasteiger partial charge in [0, 0.05) is 29.3 Å². The monoisotopic (exact) mass is 481 g/mol. The second-order valence-electron chi connectivity index (χ2n) is 6.88. The number of methoxy groups -OCH3 is 1. The van der Waals surface area contributed by atoms with E-state index < -0.39 is 10.0 Å². The topological polar surface area (TPSA) is 87.7 Å². The predicted octanol–water partition coefficient (Wildman–Crippen LogP) is 2.84. The van der Waals surface area contributed by atoms with Gasteiger partial charge < -0.3 is 10.1 Å². The maximum Gasteiger partial charge on any atom is 0.244 e. The van der Waals surface area contributed by atoms with Gasteiger partial charge in [-0.2, -0.15) is 0 Å². The lowest BCUT2D eigenvalue weighted by Crippen LogP contribution is -2.46. The molecule has 1 aliphatic heterocycles. The van der Waals surface area contributed by atoms with Crippen molar-refractivity contribution in [2.45, 2.75) is 23.8 Å². The fourth-order valence-corrected chi connectivity index (χ4v) is 5.29. The van der Waals surface area contributed by atoms with Gasteiger partial charge in [-0.3, -0.25) is 9.69 Å². The van der Waals surface area contributed by atoms with Gasteiger partial charge in [-0.1, -0.05) is 34.1 Å². The standard InChI is InChI=1S/C20H24BrN3O4S/c1-28-18-8-7-15(21)13-19(18)29(26,27)23-17-9-11-24(12-10-17)14-20(25)22-16-5-3-2-4-6-16/h2-8,13,17,23H,9-12,14H2,1H3,(H,22,25). The molecule has 9 heteroatoms. The van der Waals surface area contributed by atoms with Crippen LogP contribution in [0.3, 0.4) is 0 Å². The maximum atomic E-state index is 12.8. The lowest BCUT2D eigenvalue weighted by atomic mass is 10.1. The number of carbonyl (C=O) groups excluding carboxylic acids is 1. The minimum Gasteiger partial charge on any atom is -0.495 e. The van der Waals surface area contributed by atoms with Crippen molar-refractivity contribution >= 4 is 37.5 Å². The zero-order valence-electron chi connectivity index (χ0n) is 16.1. The van der Waals surface area contributed by atoms with Crippen LogP contribution in [0.25, 0.3) is 0 Å². The Morgan fingerprint density at radius 2 is 1.86 bits per heavy atom. The maximum absolute atomic E-state index is 12.8. The van der Waals surface area contributed by atoms with Gasteiger partial charge in [-0.15, -0.1) is 0 Å². The molecule has 0 radical (unpaired) electrons. The minimum absolute atomic E-state index is 0.0749. The van der Waals surface area contributed by atoms with E-state index in [0.29, 0.717) is 36.2 Å². The van der Waals surface area contributed by atoms with E-state index in [1.165, 1.54) is 13.2 Å². The molecule has 1 aliphatic rings. The number of rotatable bonds is 7. The van der Waals surface area contributed by atoms with E-state index in [4.69, 9.17) is 4.74 Å². The van der Waals surface area contributed by atoms with Crippen LogP contribution in [-0.4, -0.2) is 52.0 Å². The molecular weight excluding hydrogens is 458 g/mol. The van der Waals surface area contributed by atoms with E-state index >= 15 is 0 Å². The number of benzene rings is 2. The molecule has 2 N–H and O–H groups in total. The molecule has 0 bridgehead atoms. The number of para-hydroxylation sites is 1. The van der Waals surface area contributed by atoms with Crippen molar-refractivity contribution in [2.24, 2.45) is 0 Å². The van der Waals surface area contributed by atoms with Gasteiger partial charge in [0.05, 0.1) is 13.7 Å². The normalized spacial score (nSPS) is 15.8. The van der Waals surface area contributed by atoms with Gasteiger partial charge in [0.1, 0.15) is 10.6 Å². The number of nitrogens with one attached hydrogen (secondary N) is 2. The second kappa shape index (κ2) is 9.71. The van der Waals surface area contributed by atoms with E-state index in [1.807, 2.05) is 35.2 Å². The van der Waals surface area contributed by atoms with Gasteiger partial charge in [0.15, 0.2) is 0 Å². The van der Waals surface area contributed by atoms with Crippen LogP contribution in [0, 0.1) is 0 Å². The van der Waals surface area contributed by atoms with Crippen LogP contribution < -0.4 is 14.8 Å². The predicted molar refractivity (Wildman–Crippen MR) is 116 cm³/mol. The Balaban J connectivity index is 1.53. The summed E-state index contributed by atoms with van der Waals surface area (Å²) in [7, 11) is -2.26. The average molecular weight is 482 g/mol. The molecule has 156 valence electrons. The fourth-order valence-electron chi connectivity index (χ4n) is 3.28. The Labute approximate surface area is 179 Å². The molecule has 29 heavy (non-hydrogen) atoms. The second-order valence-corrected chi connectivity index (χ2v) is 9.48. The molecule has 0 spiro atoms. The van der Waals surface area contributed by atoms with Gasteiger partial charge >= 0.3 is 0 Å². The van der Waals surface area contributed by atoms with E-state index in [0.717, 1.165) is 5.69 Å². The molecule has 0 aromatic heterocycles. The van der Waals surface area contributed by atoms with Crippen LogP contribution in [-0.2, 0) is 14.8 Å². The van der Waals surface area contributed by atoms with Crippen LogP contribution in [0.15, 0.2) is 57.9 Å². The fraction of sp³-hybridized carbons (Fsp3) is 0.350. The number of amides is 1. The highest BCUT2D eigenvalue weighted by Gasteiger charge is 2.27. The van der Waals surface area contributed by atoms with Crippen LogP contribution in [0.4, 0.5) is 5.69 Å². The summed E-state index contributed by atoms with van der Waals surface area (Å²) in [5.41, 5.74) is 0.767. The van der Waals surface area contributed by atoms with Crippen molar-refractivity contribution in [1.29, 1.82) is 0 Å². The number of piperidine rings is 1. The summed E-state index contributed by atoms with van der Waals surface area (Å²) in [5.74, 6) is 0.227. The third kappa shape index (κ3) is 6.02. The van der Waals surface area contributed by atoms with E-state index in [2.05, 4.69) is 26.0 Å². The molecule has 2 aromatic carbocycles. The summed E-state index contributed by atoms with van der Waals surface area (Å²) >= 11 is 3.31. The SMILES string of the molecule is COc1ccc(Br)cc1S(=O)(=O)NC1CCN(CC(=O)Nc2ccccc2)CC1. The molecule has 0 unspecified atom stereocenters. The number of hydrogen-bond donors (Lipinski definition) is 2. The van der Waals surface area contributed by atoms with E-state index in [1.54, 1.807) is 12.1 Å². The van der Waals surface area contributed by atoms with Crippen molar-refractivity contribution in [3.8, 4) is 5.75 Å². The minimum atomic E-state index is -3.71. The molecule has 3 rings (SSSR count). The summed E-state index contributed by atoms with van der Waals surface area (Å²) in [6.45, 7) is 1.57. The number of sulfonamides is 1. The Hall–Kier alpha value is -1.94. The lowest BCUT2D eigenvalue weighted by molar-refractivity contribution is -0.117. The number of anilines is 1. The number of ether oxygens (including phenoxy) is 1. The number of hydrogen-bond acceptors (Lipinski definition) is 5. The molecular formula is C20H24BrN3O4S. The summed E-state index contributed by atoms with van der Waals surface area (Å²) < 4.78 is 34.2. The molecule has 0 aliphatic carbocycles. The van der Waals surface area contributed by atoms with E-state index in [-0.39, 0.29) is 23.4 Å². The first-order valence-corrected chi connectivity index (χ1v) is 11.6. The molecule has 1 saturated heterocycles. The van der Waals surface area contributed by atoms with Crippen LogP contribution in [0.1, 0.15) is 12.8 Å². The number of carbonyl (C=O) groups is 1.